The van der Waals surface area contributed by atoms with Gasteiger partial charge in [0.25, 0.3) is 0 Å². The Morgan fingerprint density at radius 1 is 1.32 bits per heavy atom. The van der Waals surface area contributed by atoms with Crippen molar-refractivity contribution >= 4 is 11.6 Å². The molecule has 0 aromatic heterocycles. The molecule has 2 nitrogen and oxygen atoms in total. The van der Waals surface area contributed by atoms with Gasteiger partial charge in [-0.05, 0) is 56.3 Å². The van der Waals surface area contributed by atoms with Gasteiger partial charge in [0.1, 0.15) is 0 Å². The summed E-state index contributed by atoms with van der Waals surface area (Å²) in [5.41, 5.74) is 3.25. The third-order valence-electron chi connectivity index (χ3n) is 3.51. The van der Waals surface area contributed by atoms with Gasteiger partial charge < -0.3 is 5.32 Å². The number of hydrogen-bond acceptors (Lipinski definition) is 2. The minimum Gasteiger partial charge on any atom is -0.312 e. The summed E-state index contributed by atoms with van der Waals surface area (Å²) in [5.74, 6) is 0. The monoisotopic (exact) mass is 274 g/mol. The van der Waals surface area contributed by atoms with E-state index in [0.29, 0.717) is 10.6 Å². The van der Waals surface area contributed by atoms with Crippen LogP contribution in [0.1, 0.15) is 43.2 Å². The highest BCUT2D eigenvalue weighted by atomic mass is 35.5. The molecule has 3 heteroatoms. The normalized spacial score (nSPS) is 14.8. The summed E-state index contributed by atoms with van der Waals surface area (Å²) in [6.07, 6.45) is 8.72. The summed E-state index contributed by atoms with van der Waals surface area (Å²) in [6.45, 7) is 1.75. The average molecular weight is 275 g/mol. The van der Waals surface area contributed by atoms with Crippen LogP contribution < -0.4 is 5.32 Å². The van der Waals surface area contributed by atoms with E-state index in [4.69, 9.17) is 16.9 Å². The molecule has 0 unspecified atom stereocenters. The maximum atomic E-state index is 8.78. The van der Waals surface area contributed by atoms with Crippen LogP contribution in [0.5, 0.6) is 0 Å². The maximum Gasteiger partial charge on any atom is 0.0992 e. The molecule has 1 aliphatic rings. The molecule has 1 aliphatic carbocycles. The minimum absolute atomic E-state index is 0.612. The van der Waals surface area contributed by atoms with Crippen LogP contribution in [0.3, 0.4) is 0 Å². The minimum atomic E-state index is 0.612. The molecule has 0 amide bonds. The van der Waals surface area contributed by atoms with Crippen molar-refractivity contribution in [2.24, 2.45) is 0 Å². The molecule has 0 atom stereocenters. The second kappa shape index (κ2) is 7.33. The Balaban J connectivity index is 1.76. The predicted octanol–water partition coefficient (Wildman–Crippen LogP) is 4.19. The van der Waals surface area contributed by atoms with E-state index in [2.05, 4.69) is 17.5 Å². The summed E-state index contributed by atoms with van der Waals surface area (Å²) >= 11 is 6.13. The number of benzene rings is 1. The van der Waals surface area contributed by atoms with Crippen molar-refractivity contribution in [1.29, 1.82) is 5.26 Å². The predicted molar refractivity (Wildman–Crippen MR) is 79.0 cm³/mol. The zero-order chi connectivity index (χ0) is 13.5. The number of nitrogens with zero attached hydrogens (tertiary/aromatic N) is 1. The second-order valence-corrected chi connectivity index (χ2v) is 5.36. The van der Waals surface area contributed by atoms with Gasteiger partial charge in [-0.1, -0.05) is 29.3 Å². The first-order chi connectivity index (χ1) is 9.29. The van der Waals surface area contributed by atoms with Crippen molar-refractivity contribution in [1.82, 2.24) is 5.32 Å². The van der Waals surface area contributed by atoms with Crippen molar-refractivity contribution in [2.75, 3.05) is 6.54 Å². The molecular weight excluding hydrogens is 256 g/mol. The van der Waals surface area contributed by atoms with Gasteiger partial charge in [0.15, 0.2) is 0 Å². The molecule has 0 bridgehead atoms. The lowest BCUT2D eigenvalue weighted by Crippen LogP contribution is -2.16. The van der Waals surface area contributed by atoms with Crippen LogP contribution in [0, 0.1) is 11.3 Å². The van der Waals surface area contributed by atoms with E-state index >= 15 is 0 Å². The molecule has 19 heavy (non-hydrogen) atoms. The summed E-state index contributed by atoms with van der Waals surface area (Å²) in [5, 5.41) is 12.9. The van der Waals surface area contributed by atoms with Crippen LogP contribution >= 0.6 is 11.6 Å². The van der Waals surface area contributed by atoms with Crippen LogP contribution in [-0.2, 0) is 6.54 Å². The number of nitriles is 1. The first kappa shape index (κ1) is 14.1. The summed E-state index contributed by atoms with van der Waals surface area (Å²) in [6, 6.07) is 7.55. The van der Waals surface area contributed by atoms with Crippen molar-refractivity contribution in [2.45, 2.75) is 38.6 Å². The third kappa shape index (κ3) is 4.38. The maximum absolute atomic E-state index is 8.78. The Bertz CT molecular complexity index is 500. The zero-order valence-electron chi connectivity index (χ0n) is 11.1. The standard InChI is InChI=1S/C16H19ClN2/c17-16-10-14(11-18)6-7-15(16)12-19-9-8-13-4-2-1-3-5-13/h4,6-7,10,19H,1-3,5,8-9,12H2. The van der Waals surface area contributed by atoms with Crippen molar-refractivity contribution < 1.29 is 0 Å². The molecule has 0 radical (unpaired) electrons. The first-order valence-corrected chi connectivity index (χ1v) is 7.24. The quantitative estimate of drug-likeness (QED) is 0.645. The fourth-order valence-electron chi connectivity index (χ4n) is 2.36. The topological polar surface area (TPSA) is 35.8 Å². The summed E-state index contributed by atoms with van der Waals surface area (Å²) in [7, 11) is 0. The van der Waals surface area contributed by atoms with Gasteiger partial charge in [-0.25, -0.2) is 0 Å². The van der Waals surface area contributed by atoms with Crippen molar-refractivity contribution in [3.63, 3.8) is 0 Å². The Hall–Kier alpha value is -1.30. The summed E-state index contributed by atoms with van der Waals surface area (Å²) < 4.78 is 0. The molecule has 1 aromatic carbocycles. The van der Waals surface area contributed by atoms with Crippen LogP contribution in [0.4, 0.5) is 0 Å². The number of halogens is 1. The number of allylic oxidation sites excluding steroid dienone is 1. The van der Waals surface area contributed by atoms with Gasteiger partial charge in [0.2, 0.25) is 0 Å². The largest absolute Gasteiger partial charge is 0.312 e. The lowest BCUT2D eigenvalue weighted by molar-refractivity contribution is 0.632. The van der Waals surface area contributed by atoms with Gasteiger partial charge in [-0.2, -0.15) is 5.26 Å². The van der Waals surface area contributed by atoms with E-state index in [9.17, 15) is 0 Å². The van der Waals surface area contributed by atoms with E-state index in [-0.39, 0.29) is 0 Å². The number of rotatable bonds is 5. The lowest BCUT2D eigenvalue weighted by atomic mass is 9.97. The fourth-order valence-corrected chi connectivity index (χ4v) is 2.61. The Labute approximate surface area is 120 Å². The molecule has 0 fully saturated rings. The van der Waals surface area contributed by atoms with E-state index in [1.165, 1.54) is 25.7 Å². The fraction of sp³-hybridized carbons (Fsp3) is 0.438. The molecule has 0 heterocycles. The van der Waals surface area contributed by atoms with Crippen LogP contribution in [0.15, 0.2) is 29.8 Å². The van der Waals surface area contributed by atoms with E-state index < -0.39 is 0 Å². The van der Waals surface area contributed by atoms with Gasteiger partial charge in [0, 0.05) is 11.6 Å². The number of nitrogens with one attached hydrogen (secondary N) is 1. The Morgan fingerprint density at radius 2 is 2.21 bits per heavy atom. The molecule has 1 N–H and O–H groups in total. The highest BCUT2D eigenvalue weighted by molar-refractivity contribution is 6.31. The first-order valence-electron chi connectivity index (χ1n) is 6.87. The van der Waals surface area contributed by atoms with Crippen molar-refractivity contribution in [3.05, 3.63) is 46.0 Å². The van der Waals surface area contributed by atoms with E-state index in [1.54, 1.807) is 11.6 Å². The molecule has 2 rings (SSSR count). The van der Waals surface area contributed by atoms with Gasteiger partial charge >= 0.3 is 0 Å². The molecule has 0 aliphatic heterocycles. The smallest absolute Gasteiger partial charge is 0.0992 e. The third-order valence-corrected chi connectivity index (χ3v) is 3.86. The van der Waals surface area contributed by atoms with Crippen LogP contribution in [0.2, 0.25) is 5.02 Å². The SMILES string of the molecule is N#Cc1ccc(CNCCC2=CCCCC2)c(Cl)c1. The Morgan fingerprint density at radius 3 is 2.89 bits per heavy atom. The van der Waals surface area contributed by atoms with Crippen molar-refractivity contribution in [3.8, 4) is 6.07 Å². The molecule has 100 valence electrons. The summed E-state index contributed by atoms with van der Waals surface area (Å²) in [4.78, 5) is 0. The van der Waals surface area contributed by atoms with Gasteiger partial charge in [-0.3, -0.25) is 0 Å². The van der Waals surface area contributed by atoms with E-state index in [0.717, 1.165) is 25.1 Å². The number of hydrogen-bond donors (Lipinski definition) is 1. The van der Waals surface area contributed by atoms with E-state index in [1.807, 2.05) is 12.1 Å². The average Bonchev–Trinajstić information content (AvgIpc) is 2.46. The van der Waals surface area contributed by atoms with Gasteiger partial charge in [0.05, 0.1) is 11.6 Å². The molecule has 0 saturated carbocycles. The zero-order valence-corrected chi connectivity index (χ0v) is 11.8. The molecule has 0 spiro atoms. The second-order valence-electron chi connectivity index (χ2n) is 4.95. The highest BCUT2D eigenvalue weighted by Crippen LogP contribution is 2.20. The Kier molecular flexibility index (Phi) is 5.44. The molecule has 1 aromatic rings. The highest BCUT2D eigenvalue weighted by Gasteiger charge is 2.04. The van der Waals surface area contributed by atoms with Gasteiger partial charge in [-0.15, -0.1) is 0 Å². The van der Waals surface area contributed by atoms with Crippen LogP contribution in [0.25, 0.3) is 0 Å². The molecular formula is C16H19ClN2. The van der Waals surface area contributed by atoms with Crippen LogP contribution in [-0.4, -0.2) is 6.54 Å². The lowest BCUT2D eigenvalue weighted by Gasteiger charge is -2.13. The molecule has 0 saturated heterocycles.